The summed E-state index contributed by atoms with van der Waals surface area (Å²) in [6.45, 7) is 0. The van der Waals surface area contributed by atoms with Crippen LogP contribution in [0, 0.1) is 11.3 Å². The van der Waals surface area contributed by atoms with Gasteiger partial charge in [-0.2, -0.15) is 5.26 Å². The standard InChI is InChI=1S/C18H14N4O2S/c1-24-16(23)11-25-18-20-17(21-22-18)15-8-6-14(7-9-15)13-4-2-12(10-19)3-5-13/h2-9H,11H2,1H3,(H,20,21,22). The summed E-state index contributed by atoms with van der Waals surface area (Å²) in [5.74, 6) is 0.493. The monoisotopic (exact) mass is 350 g/mol. The first-order chi connectivity index (χ1) is 12.2. The largest absolute Gasteiger partial charge is 0.468 e. The third-order valence-corrected chi connectivity index (χ3v) is 4.34. The molecule has 3 rings (SSSR count). The molecule has 124 valence electrons. The Kier molecular flexibility index (Phi) is 5.11. The molecule has 0 bridgehead atoms. The molecule has 1 aromatic heterocycles. The first-order valence-corrected chi connectivity index (χ1v) is 8.41. The summed E-state index contributed by atoms with van der Waals surface area (Å²) in [7, 11) is 1.35. The summed E-state index contributed by atoms with van der Waals surface area (Å²) in [5.41, 5.74) is 3.62. The van der Waals surface area contributed by atoms with Crippen molar-refractivity contribution < 1.29 is 9.53 Å². The van der Waals surface area contributed by atoms with Gasteiger partial charge in [0.25, 0.3) is 0 Å². The molecule has 7 heteroatoms. The van der Waals surface area contributed by atoms with E-state index in [0.29, 0.717) is 16.5 Å². The van der Waals surface area contributed by atoms with E-state index in [4.69, 9.17) is 5.26 Å². The fraction of sp³-hybridized carbons (Fsp3) is 0.111. The average Bonchev–Trinajstić information content (AvgIpc) is 3.15. The van der Waals surface area contributed by atoms with E-state index in [0.717, 1.165) is 16.7 Å². The Hall–Kier alpha value is -3.11. The van der Waals surface area contributed by atoms with Crippen LogP contribution in [-0.2, 0) is 9.53 Å². The van der Waals surface area contributed by atoms with Gasteiger partial charge in [0.2, 0.25) is 5.16 Å². The minimum absolute atomic E-state index is 0.172. The third kappa shape index (κ3) is 4.05. The molecule has 0 unspecified atom stereocenters. The van der Waals surface area contributed by atoms with Crippen molar-refractivity contribution in [1.82, 2.24) is 15.2 Å². The number of H-pyrrole nitrogens is 1. The molecule has 0 saturated carbocycles. The van der Waals surface area contributed by atoms with Crippen molar-refractivity contribution in [2.75, 3.05) is 12.9 Å². The zero-order chi connectivity index (χ0) is 17.6. The fourth-order valence-corrected chi connectivity index (χ4v) is 2.81. The average molecular weight is 350 g/mol. The highest BCUT2D eigenvalue weighted by Gasteiger charge is 2.09. The molecule has 0 saturated heterocycles. The van der Waals surface area contributed by atoms with Crippen molar-refractivity contribution in [3.8, 4) is 28.6 Å². The van der Waals surface area contributed by atoms with Crippen LogP contribution in [0.5, 0.6) is 0 Å². The van der Waals surface area contributed by atoms with Crippen LogP contribution in [-0.4, -0.2) is 34.0 Å². The number of ether oxygens (including phenoxy) is 1. The van der Waals surface area contributed by atoms with E-state index in [1.807, 2.05) is 36.4 Å². The molecule has 6 nitrogen and oxygen atoms in total. The molecule has 0 atom stereocenters. The number of carbonyl (C=O) groups excluding carboxylic acids is 1. The lowest BCUT2D eigenvalue weighted by Crippen LogP contribution is -2.03. The number of esters is 1. The van der Waals surface area contributed by atoms with Gasteiger partial charge in [-0.15, -0.1) is 5.10 Å². The van der Waals surface area contributed by atoms with Gasteiger partial charge in [0.05, 0.1) is 24.5 Å². The number of nitriles is 1. The highest BCUT2D eigenvalue weighted by molar-refractivity contribution is 7.99. The van der Waals surface area contributed by atoms with Gasteiger partial charge >= 0.3 is 5.97 Å². The summed E-state index contributed by atoms with van der Waals surface area (Å²) in [5, 5.41) is 16.3. The second-order valence-electron chi connectivity index (χ2n) is 5.10. The van der Waals surface area contributed by atoms with Gasteiger partial charge in [-0.05, 0) is 23.3 Å². The van der Waals surface area contributed by atoms with Crippen LogP contribution >= 0.6 is 11.8 Å². The van der Waals surface area contributed by atoms with Crippen molar-refractivity contribution in [3.63, 3.8) is 0 Å². The van der Waals surface area contributed by atoms with Crippen molar-refractivity contribution in [2.24, 2.45) is 0 Å². The Labute approximate surface area is 148 Å². The van der Waals surface area contributed by atoms with E-state index >= 15 is 0 Å². The minimum atomic E-state index is -0.317. The Balaban J connectivity index is 1.73. The summed E-state index contributed by atoms with van der Waals surface area (Å²) in [4.78, 5) is 15.5. The number of nitrogens with one attached hydrogen (secondary N) is 1. The molecule has 0 radical (unpaired) electrons. The van der Waals surface area contributed by atoms with Crippen LogP contribution in [0.4, 0.5) is 0 Å². The fourth-order valence-electron chi connectivity index (χ4n) is 2.18. The SMILES string of the molecule is COC(=O)CSc1n[nH]c(-c2ccc(-c3ccc(C#N)cc3)cc2)n1. The number of hydrogen-bond donors (Lipinski definition) is 1. The molecule has 0 fully saturated rings. The van der Waals surface area contributed by atoms with E-state index in [-0.39, 0.29) is 11.7 Å². The predicted octanol–water partition coefficient (Wildman–Crippen LogP) is 3.28. The maximum absolute atomic E-state index is 11.1. The number of thioether (sulfide) groups is 1. The minimum Gasteiger partial charge on any atom is -0.468 e. The number of nitrogens with zero attached hydrogens (tertiary/aromatic N) is 3. The maximum atomic E-state index is 11.1. The quantitative estimate of drug-likeness (QED) is 0.561. The highest BCUT2D eigenvalue weighted by atomic mass is 32.2. The molecule has 0 amide bonds. The van der Waals surface area contributed by atoms with Gasteiger partial charge in [-0.1, -0.05) is 48.2 Å². The Morgan fingerprint density at radius 2 is 1.72 bits per heavy atom. The van der Waals surface area contributed by atoms with Gasteiger partial charge < -0.3 is 4.74 Å². The molecular formula is C18H14N4O2S. The molecule has 3 aromatic rings. The smallest absolute Gasteiger partial charge is 0.316 e. The molecule has 0 spiro atoms. The molecule has 2 aromatic carbocycles. The summed E-state index contributed by atoms with van der Waals surface area (Å²) in [6, 6.07) is 17.4. The van der Waals surface area contributed by atoms with Gasteiger partial charge in [0, 0.05) is 5.56 Å². The zero-order valence-corrected chi connectivity index (χ0v) is 14.2. The predicted molar refractivity (Wildman–Crippen MR) is 94.7 cm³/mol. The lowest BCUT2D eigenvalue weighted by atomic mass is 10.0. The highest BCUT2D eigenvalue weighted by Crippen LogP contribution is 2.24. The van der Waals surface area contributed by atoms with E-state index in [2.05, 4.69) is 26.0 Å². The summed E-state index contributed by atoms with van der Waals surface area (Å²) >= 11 is 1.22. The molecule has 0 aliphatic heterocycles. The van der Waals surface area contributed by atoms with Gasteiger partial charge in [-0.3, -0.25) is 9.89 Å². The van der Waals surface area contributed by atoms with Gasteiger partial charge in [0.15, 0.2) is 5.82 Å². The Morgan fingerprint density at radius 3 is 2.32 bits per heavy atom. The van der Waals surface area contributed by atoms with Crippen LogP contribution in [0.15, 0.2) is 53.7 Å². The normalized spacial score (nSPS) is 10.2. The summed E-state index contributed by atoms with van der Waals surface area (Å²) in [6.07, 6.45) is 0. The molecule has 25 heavy (non-hydrogen) atoms. The van der Waals surface area contributed by atoms with Crippen LogP contribution in [0.2, 0.25) is 0 Å². The van der Waals surface area contributed by atoms with Crippen molar-refractivity contribution in [3.05, 3.63) is 54.1 Å². The lowest BCUT2D eigenvalue weighted by molar-refractivity contribution is -0.137. The molecule has 1 N–H and O–H groups in total. The van der Waals surface area contributed by atoms with E-state index in [1.165, 1.54) is 18.9 Å². The Bertz CT molecular complexity index is 911. The van der Waals surface area contributed by atoms with Crippen LogP contribution in [0.1, 0.15) is 5.56 Å². The Morgan fingerprint density at radius 1 is 1.12 bits per heavy atom. The van der Waals surface area contributed by atoms with Crippen molar-refractivity contribution >= 4 is 17.7 Å². The van der Waals surface area contributed by atoms with Crippen LogP contribution in [0.3, 0.4) is 0 Å². The number of aromatic amines is 1. The number of hydrogen-bond acceptors (Lipinski definition) is 6. The topological polar surface area (TPSA) is 91.7 Å². The lowest BCUT2D eigenvalue weighted by Gasteiger charge is -2.03. The molecule has 1 heterocycles. The van der Waals surface area contributed by atoms with E-state index in [1.54, 1.807) is 12.1 Å². The molecular weight excluding hydrogens is 336 g/mol. The number of rotatable bonds is 5. The number of benzene rings is 2. The number of methoxy groups -OCH3 is 1. The number of aromatic nitrogens is 3. The van der Waals surface area contributed by atoms with E-state index in [9.17, 15) is 4.79 Å². The zero-order valence-electron chi connectivity index (χ0n) is 13.4. The van der Waals surface area contributed by atoms with Crippen molar-refractivity contribution in [1.29, 1.82) is 5.26 Å². The van der Waals surface area contributed by atoms with Gasteiger partial charge in [0.1, 0.15) is 0 Å². The molecule has 0 aliphatic carbocycles. The first kappa shape index (κ1) is 16.7. The van der Waals surface area contributed by atoms with Crippen LogP contribution < -0.4 is 0 Å². The summed E-state index contributed by atoms with van der Waals surface area (Å²) < 4.78 is 4.59. The second-order valence-corrected chi connectivity index (χ2v) is 6.04. The maximum Gasteiger partial charge on any atom is 0.316 e. The first-order valence-electron chi connectivity index (χ1n) is 7.42. The molecule has 0 aliphatic rings. The van der Waals surface area contributed by atoms with Crippen molar-refractivity contribution in [2.45, 2.75) is 5.16 Å². The van der Waals surface area contributed by atoms with Gasteiger partial charge in [-0.25, -0.2) is 4.98 Å². The van der Waals surface area contributed by atoms with Crippen LogP contribution in [0.25, 0.3) is 22.5 Å². The second kappa shape index (κ2) is 7.64. The van der Waals surface area contributed by atoms with E-state index < -0.39 is 0 Å². The third-order valence-electron chi connectivity index (χ3n) is 3.52. The number of carbonyl (C=O) groups is 1.